The van der Waals surface area contributed by atoms with Gasteiger partial charge in [-0.1, -0.05) is 13.8 Å². The van der Waals surface area contributed by atoms with Gasteiger partial charge in [0.05, 0.1) is 10.8 Å². The molecule has 8 nitrogen and oxygen atoms in total. The van der Waals surface area contributed by atoms with Gasteiger partial charge in [0.15, 0.2) is 0 Å². The minimum atomic E-state index is -4.61. The lowest BCUT2D eigenvalue weighted by molar-refractivity contribution is -0.154. The average Bonchev–Trinajstić information content (AvgIpc) is 3.56. The minimum Gasteiger partial charge on any atom is -0.481 e. The summed E-state index contributed by atoms with van der Waals surface area (Å²) in [7, 11) is 0. The van der Waals surface area contributed by atoms with Crippen LogP contribution in [0.4, 0.5) is 24.8 Å². The number of rotatable bonds is 6. The van der Waals surface area contributed by atoms with Crippen molar-refractivity contribution in [2.45, 2.75) is 44.9 Å². The van der Waals surface area contributed by atoms with Gasteiger partial charge in [0.25, 0.3) is 0 Å². The third-order valence-corrected chi connectivity index (χ3v) is 8.90. The van der Waals surface area contributed by atoms with E-state index >= 15 is 0 Å². The topological polar surface area (TPSA) is 121 Å². The van der Waals surface area contributed by atoms with Crippen LogP contribution in [0.3, 0.4) is 0 Å². The molecule has 0 spiro atoms. The highest BCUT2D eigenvalue weighted by Crippen LogP contribution is 2.51. The highest BCUT2D eigenvalue weighted by atomic mass is 32.1. The van der Waals surface area contributed by atoms with Crippen LogP contribution in [0.1, 0.15) is 43.8 Å². The van der Waals surface area contributed by atoms with Crippen LogP contribution in [0.2, 0.25) is 0 Å². The number of alkyl halides is 3. The Hall–Kier alpha value is -3.42. The van der Waals surface area contributed by atoms with Gasteiger partial charge in [0.1, 0.15) is 21.3 Å². The number of hydrogen-bond acceptors (Lipinski definition) is 9. The molecular weight excluding hydrogens is 551 g/mol. The molecule has 0 aliphatic heterocycles. The lowest BCUT2D eigenvalue weighted by atomic mass is 9.63. The molecule has 1 aliphatic rings. The number of anilines is 2. The number of benzene rings is 1. The van der Waals surface area contributed by atoms with Crippen LogP contribution in [-0.4, -0.2) is 36.1 Å². The van der Waals surface area contributed by atoms with Crippen LogP contribution in [0.5, 0.6) is 0 Å². The molecule has 3 aromatic heterocycles. The van der Waals surface area contributed by atoms with E-state index < -0.39 is 34.8 Å². The van der Waals surface area contributed by atoms with E-state index in [0.29, 0.717) is 27.7 Å². The number of aliphatic hydroxyl groups is 1. The first kappa shape index (κ1) is 27.2. The molecule has 4 aromatic rings. The van der Waals surface area contributed by atoms with Gasteiger partial charge in [-0.3, -0.25) is 4.79 Å². The molecule has 0 saturated heterocycles. The third-order valence-electron chi connectivity index (χ3n) is 6.84. The number of aromatic nitrogens is 4. The van der Waals surface area contributed by atoms with Crippen LogP contribution in [0, 0.1) is 11.3 Å². The Balaban J connectivity index is 1.49. The highest BCUT2D eigenvalue weighted by molar-refractivity contribution is 7.15. The predicted molar refractivity (Wildman–Crippen MR) is 142 cm³/mol. The molecule has 0 radical (unpaired) electrons. The van der Waals surface area contributed by atoms with Gasteiger partial charge in [-0.05, 0) is 54.5 Å². The Morgan fingerprint density at radius 2 is 1.90 bits per heavy atom. The van der Waals surface area contributed by atoms with Crippen molar-refractivity contribution in [1.82, 2.24) is 19.9 Å². The molecule has 3 N–H and O–H groups in total. The van der Waals surface area contributed by atoms with Gasteiger partial charge >= 0.3 is 12.1 Å². The van der Waals surface area contributed by atoms with Gasteiger partial charge in [-0.2, -0.15) is 13.2 Å². The molecule has 0 unspecified atom stereocenters. The molecule has 2 atom stereocenters. The van der Waals surface area contributed by atoms with Gasteiger partial charge in [0.2, 0.25) is 5.95 Å². The number of thiazole rings is 2. The number of nitrogens with one attached hydrogen (secondary N) is 1. The molecule has 0 bridgehead atoms. The smallest absolute Gasteiger partial charge is 0.433 e. The summed E-state index contributed by atoms with van der Waals surface area (Å²) < 4.78 is 39.5. The van der Waals surface area contributed by atoms with Crippen molar-refractivity contribution in [2.24, 2.45) is 11.3 Å². The Labute approximate surface area is 229 Å². The fourth-order valence-electron chi connectivity index (χ4n) is 5.04. The molecule has 204 valence electrons. The molecule has 0 amide bonds. The SMILES string of the molecule is CC1(C)C[C@@](O)(c2ncc(-c3cc(Nc4nccc(C(F)(F)F)n4)cc(-c4nccs4)c3)s2)CC[C@@H]1C(=O)O. The Bertz CT molecular complexity index is 1510. The second kappa shape index (κ2) is 9.96. The van der Waals surface area contributed by atoms with Crippen LogP contribution >= 0.6 is 22.7 Å². The lowest BCUT2D eigenvalue weighted by Crippen LogP contribution is -2.44. The zero-order valence-corrected chi connectivity index (χ0v) is 22.5. The van der Waals surface area contributed by atoms with Gasteiger partial charge in [0, 0.05) is 35.2 Å². The van der Waals surface area contributed by atoms with E-state index in [1.807, 2.05) is 25.3 Å². The van der Waals surface area contributed by atoms with Crippen molar-refractivity contribution in [2.75, 3.05) is 5.32 Å². The van der Waals surface area contributed by atoms with E-state index in [1.54, 1.807) is 24.5 Å². The number of aliphatic carboxylic acids is 1. The van der Waals surface area contributed by atoms with E-state index in [2.05, 4.69) is 25.3 Å². The molecule has 1 fully saturated rings. The molecule has 1 aromatic carbocycles. The summed E-state index contributed by atoms with van der Waals surface area (Å²) in [5.41, 5.74) is -1.06. The van der Waals surface area contributed by atoms with Crippen molar-refractivity contribution in [1.29, 1.82) is 0 Å². The first-order valence-electron chi connectivity index (χ1n) is 12.0. The molecule has 5 rings (SSSR count). The number of hydrogen-bond donors (Lipinski definition) is 3. The maximum absolute atomic E-state index is 13.2. The van der Waals surface area contributed by atoms with Crippen LogP contribution in [0.15, 0.2) is 48.2 Å². The first-order valence-corrected chi connectivity index (χ1v) is 13.7. The van der Waals surface area contributed by atoms with Crippen molar-refractivity contribution in [3.63, 3.8) is 0 Å². The Morgan fingerprint density at radius 1 is 1.13 bits per heavy atom. The number of nitrogens with zero attached hydrogens (tertiary/aromatic N) is 4. The normalized spacial score (nSPS) is 21.0. The first-order chi connectivity index (χ1) is 18.3. The number of carboxylic acids is 1. The molecule has 13 heteroatoms. The van der Waals surface area contributed by atoms with Crippen molar-refractivity contribution >= 4 is 40.3 Å². The monoisotopic (exact) mass is 575 g/mol. The summed E-state index contributed by atoms with van der Waals surface area (Å²) in [4.78, 5) is 28.8. The van der Waals surface area contributed by atoms with Gasteiger partial charge in [-0.25, -0.2) is 19.9 Å². The fraction of sp³-hybridized carbons (Fsp3) is 0.346. The standard InChI is InChI=1S/C26H24F3N5O3S2/c1-24(2)13-25(37,5-3-17(24)21(35)36)22-32-12-18(39-22)14-9-15(20-30-7-8-38-20)11-16(10-14)33-23-31-6-4-19(34-23)26(27,28)29/h4,6-12,17,37H,3,5,13H2,1-2H3,(H,35,36)(H,31,33,34)/t17-,25-/m1/s1. The summed E-state index contributed by atoms with van der Waals surface area (Å²) in [6, 6.07) is 6.19. The second-order valence-corrected chi connectivity index (χ2v) is 12.1. The molecular formula is C26H24F3N5O3S2. The van der Waals surface area contributed by atoms with E-state index in [1.165, 1.54) is 22.7 Å². The summed E-state index contributed by atoms with van der Waals surface area (Å²) in [5, 5.41) is 27.0. The van der Waals surface area contributed by atoms with Gasteiger partial charge < -0.3 is 15.5 Å². The van der Waals surface area contributed by atoms with Crippen LogP contribution in [-0.2, 0) is 16.6 Å². The third kappa shape index (κ3) is 5.65. The summed E-state index contributed by atoms with van der Waals surface area (Å²) in [6.45, 7) is 3.69. The largest absolute Gasteiger partial charge is 0.481 e. The quantitative estimate of drug-likeness (QED) is 0.236. The lowest BCUT2D eigenvalue weighted by Gasteiger charge is -2.44. The van der Waals surface area contributed by atoms with Crippen LogP contribution in [0.25, 0.3) is 21.0 Å². The average molecular weight is 576 g/mol. The van der Waals surface area contributed by atoms with Crippen molar-refractivity contribution < 1.29 is 28.2 Å². The predicted octanol–water partition coefficient (Wildman–Crippen LogP) is 6.58. The number of carboxylic acid groups (broad SMARTS) is 1. The van der Waals surface area contributed by atoms with E-state index in [0.717, 1.165) is 22.7 Å². The fourth-order valence-corrected chi connectivity index (χ4v) is 6.68. The molecule has 39 heavy (non-hydrogen) atoms. The summed E-state index contributed by atoms with van der Waals surface area (Å²) in [5.74, 6) is -1.63. The van der Waals surface area contributed by atoms with E-state index in [-0.39, 0.29) is 18.8 Å². The van der Waals surface area contributed by atoms with Gasteiger partial charge in [-0.15, -0.1) is 22.7 Å². The zero-order chi connectivity index (χ0) is 28.0. The molecule has 1 saturated carbocycles. The summed E-state index contributed by atoms with van der Waals surface area (Å²) in [6.07, 6.45) is 0.594. The Kier molecular flexibility index (Phi) is 6.93. The van der Waals surface area contributed by atoms with Crippen LogP contribution < -0.4 is 5.32 Å². The minimum absolute atomic E-state index is 0.205. The molecule has 3 heterocycles. The number of halogens is 3. The van der Waals surface area contributed by atoms with Crippen molar-refractivity contribution in [3.8, 4) is 21.0 Å². The maximum Gasteiger partial charge on any atom is 0.433 e. The summed E-state index contributed by atoms with van der Waals surface area (Å²) >= 11 is 2.71. The number of carbonyl (C=O) groups is 1. The zero-order valence-electron chi connectivity index (χ0n) is 20.9. The van der Waals surface area contributed by atoms with Crippen molar-refractivity contribution in [3.05, 3.63) is 58.9 Å². The van der Waals surface area contributed by atoms with E-state index in [4.69, 9.17) is 0 Å². The highest BCUT2D eigenvalue weighted by Gasteiger charge is 2.49. The maximum atomic E-state index is 13.2. The second-order valence-electron chi connectivity index (χ2n) is 10.2. The molecule has 1 aliphatic carbocycles. The van der Waals surface area contributed by atoms with E-state index in [9.17, 15) is 28.2 Å². The Morgan fingerprint density at radius 3 is 2.56 bits per heavy atom.